The van der Waals surface area contributed by atoms with E-state index in [0.717, 1.165) is 6.07 Å². The molecule has 26 heavy (non-hydrogen) atoms. The molecule has 0 fully saturated rings. The number of rotatable bonds is 3. The fraction of sp³-hybridized carbons (Fsp3) is 0.176. The van der Waals surface area contributed by atoms with Crippen LogP contribution in [0.25, 0.3) is 22.0 Å². The van der Waals surface area contributed by atoms with Gasteiger partial charge in [-0.25, -0.2) is 0 Å². The van der Waals surface area contributed by atoms with Gasteiger partial charge in [0.05, 0.1) is 30.1 Å². The average Bonchev–Trinajstić information content (AvgIpc) is 2.59. The van der Waals surface area contributed by atoms with Crippen LogP contribution in [0.5, 0.6) is 5.75 Å². The molecule has 1 aromatic heterocycles. The summed E-state index contributed by atoms with van der Waals surface area (Å²) < 4.78 is 45.1. The van der Waals surface area contributed by atoms with Crippen LogP contribution in [-0.2, 0) is 6.18 Å². The SMILES string of the molecule is COc1cc(C(F)(F)F)c(B(C)O)cc1-c1ccc2c(N)cnnc2c1. The Labute approximate surface area is 147 Å². The summed E-state index contributed by atoms with van der Waals surface area (Å²) in [5, 5.41) is 18.3. The van der Waals surface area contributed by atoms with Gasteiger partial charge in [-0.1, -0.05) is 19.0 Å². The van der Waals surface area contributed by atoms with Crippen LogP contribution in [0.15, 0.2) is 36.5 Å². The van der Waals surface area contributed by atoms with Crippen LogP contribution in [0.2, 0.25) is 6.82 Å². The van der Waals surface area contributed by atoms with Gasteiger partial charge in [0.25, 0.3) is 0 Å². The molecule has 3 rings (SSSR count). The van der Waals surface area contributed by atoms with Gasteiger partial charge in [0.2, 0.25) is 0 Å². The molecule has 0 aliphatic rings. The van der Waals surface area contributed by atoms with Crippen molar-refractivity contribution in [1.82, 2.24) is 10.2 Å². The van der Waals surface area contributed by atoms with Crippen LogP contribution < -0.4 is 15.9 Å². The first-order chi connectivity index (χ1) is 12.2. The van der Waals surface area contributed by atoms with Crippen molar-refractivity contribution in [3.63, 3.8) is 0 Å². The number of nitrogen functional groups attached to an aromatic ring is 1. The van der Waals surface area contributed by atoms with Gasteiger partial charge in [-0.2, -0.15) is 23.4 Å². The Morgan fingerprint density at radius 1 is 1.19 bits per heavy atom. The number of benzene rings is 2. The summed E-state index contributed by atoms with van der Waals surface area (Å²) in [7, 11) is 1.29. The molecule has 0 saturated carbocycles. The number of anilines is 1. The fourth-order valence-electron chi connectivity index (χ4n) is 2.83. The van der Waals surface area contributed by atoms with Crippen LogP contribution in [0.1, 0.15) is 5.56 Å². The Balaban J connectivity index is 2.26. The first kappa shape index (κ1) is 18.0. The lowest BCUT2D eigenvalue weighted by Crippen LogP contribution is -2.33. The standard InChI is InChI=1S/C17H15BF3N3O2/c1-18(25)13-6-11(16(26-2)7-12(13)17(19,20)21)9-3-4-10-14(22)8-23-24-15(10)5-9/h3-8,25H,1-2H3,(H2,22,24). The second kappa shape index (κ2) is 6.49. The number of methoxy groups -OCH3 is 1. The van der Waals surface area contributed by atoms with Crippen LogP contribution in [0, 0.1) is 0 Å². The first-order valence-corrected chi connectivity index (χ1v) is 7.71. The second-order valence-electron chi connectivity index (χ2n) is 5.85. The van der Waals surface area contributed by atoms with E-state index in [4.69, 9.17) is 10.5 Å². The third kappa shape index (κ3) is 3.17. The van der Waals surface area contributed by atoms with Gasteiger partial charge in [0.15, 0.2) is 0 Å². The maximum atomic E-state index is 13.3. The van der Waals surface area contributed by atoms with Gasteiger partial charge in [-0.15, -0.1) is 0 Å². The monoisotopic (exact) mass is 361 g/mol. The van der Waals surface area contributed by atoms with E-state index in [-0.39, 0.29) is 11.2 Å². The normalized spacial score (nSPS) is 11.6. The van der Waals surface area contributed by atoms with Crippen LogP contribution >= 0.6 is 0 Å². The highest BCUT2D eigenvalue weighted by Gasteiger charge is 2.36. The Morgan fingerprint density at radius 2 is 1.92 bits per heavy atom. The van der Waals surface area contributed by atoms with E-state index in [9.17, 15) is 18.2 Å². The van der Waals surface area contributed by atoms with Gasteiger partial charge < -0.3 is 15.5 Å². The van der Waals surface area contributed by atoms with Crippen molar-refractivity contribution in [2.75, 3.05) is 12.8 Å². The van der Waals surface area contributed by atoms with Gasteiger partial charge >= 0.3 is 13.1 Å². The summed E-state index contributed by atoms with van der Waals surface area (Å²) in [6.07, 6.45) is -3.19. The van der Waals surface area contributed by atoms with Crippen molar-refractivity contribution < 1.29 is 22.9 Å². The summed E-state index contributed by atoms with van der Waals surface area (Å²) >= 11 is 0. The molecular formula is C17H15BF3N3O2. The predicted octanol–water partition coefficient (Wildman–Crippen LogP) is 2.73. The lowest BCUT2D eigenvalue weighted by molar-refractivity contribution is -0.136. The molecule has 5 nitrogen and oxygen atoms in total. The summed E-state index contributed by atoms with van der Waals surface area (Å²) in [4.78, 5) is 0. The largest absolute Gasteiger partial charge is 0.496 e. The Kier molecular flexibility index (Phi) is 4.49. The van der Waals surface area contributed by atoms with E-state index in [1.54, 1.807) is 18.2 Å². The zero-order chi connectivity index (χ0) is 19.1. The van der Waals surface area contributed by atoms with Crippen molar-refractivity contribution in [2.24, 2.45) is 0 Å². The number of alkyl halides is 3. The predicted molar refractivity (Wildman–Crippen MR) is 94.4 cm³/mol. The molecule has 0 bridgehead atoms. The number of hydrogen-bond donors (Lipinski definition) is 2. The molecule has 0 aliphatic carbocycles. The minimum atomic E-state index is -4.61. The molecule has 0 radical (unpaired) electrons. The van der Waals surface area contributed by atoms with Crippen LogP contribution in [0.4, 0.5) is 18.9 Å². The molecule has 0 aliphatic heterocycles. The van der Waals surface area contributed by atoms with Crippen molar-refractivity contribution in [1.29, 1.82) is 0 Å². The zero-order valence-corrected chi connectivity index (χ0v) is 14.0. The summed E-state index contributed by atoms with van der Waals surface area (Å²) in [5.41, 5.74) is 6.62. The minimum absolute atomic E-state index is 0.0398. The molecule has 2 aromatic carbocycles. The average molecular weight is 361 g/mol. The number of fused-ring (bicyclic) bond motifs is 1. The first-order valence-electron chi connectivity index (χ1n) is 7.71. The highest BCUT2D eigenvalue weighted by molar-refractivity contribution is 6.65. The highest BCUT2D eigenvalue weighted by atomic mass is 19.4. The van der Waals surface area contributed by atoms with E-state index in [2.05, 4.69) is 10.2 Å². The van der Waals surface area contributed by atoms with Crippen molar-refractivity contribution >= 4 is 29.0 Å². The lowest BCUT2D eigenvalue weighted by atomic mass is 9.62. The molecule has 0 amide bonds. The van der Waals surface area contributed by atoms with Crippen molar-refractivity contribution in [3.8, 4) is 16.9 Å². The molecule has 0 atom stereocenters. The molecule has 3 N–H and O–H groups in total. The molecule has 134 valence electrons. The number of nitrogens with two attached hydrogens (primary N) is 1. The fourth-order valence-corrected chi connectivity index (χ4v) is 2.83. The van der Waals surface area contributed by atoms with E-state index >= 15 is 0 Å². The summed E-state index contributed by atoms with van der Waals surface area (Å²) in [5.74, 6) is 0.0398. The molecule has 0 spiro atoms. The number of ether oxygens (including phenoxy) is 1. The Bertz CT molecular complexity index is 977. The van der Waals surface area contributed by atoms with Gasteiger partial charge in [0, 0.05) is 10.9 Å². The van der Waals surface area contributed by atoms with E-state index in [1.165, 1.54) is 26.2 Å². The Morgan fingerprint density at radius 3 is 2.54 bits per heavy atom. The zero-order valence-electron chi connectivity index (χ0n) is 14.0. The topological polar surface area (TPSA) is 81.3 Å². The highest BCUT2D eigenvalue weighted by Crippen LogP contribution is 2.37. The Hall–Kier alpha value is -2.81. The van der Waals surface area contributed by atoms with Crippen LogP contribution in [0.3, 0.4) is 0 Å². The molecule has 3 aromatic rings. The molecule has 0 saturated heterocycles. The molecule has 0 unspecified atom stereocenters. The minimum Gasteiger partial charge on any atom is -0.496 e. The smallest absolute Gasteiger partial charge is 0.416 e. The quantitative estimate of drug-likeness (QED) is 0.702. The number of nitrogens with zero attached hydrogens (tertiary/aromatic N) is 2. The third-order valence-electron chi connectivity index (χ3n) is 4.11. The number of halogens is 3. The lowest BCUT2D eigenvalue weighted by Gasteiger charge is -2.18. The second-order valence-corrected chi connectivity index (χ2v) is 5.85. The van der Waals surface area contributed by atoms with Gasteiger partial charge in [-0.3, -0.25) is 0 Å². The maximum absolute atomic E-state index is 13.3. The maximum Gasteiger partial charge on any atom is 0.416 e. The van der Waals surface area contributed by atoms with Crippen molar-refractivity contribution in [2.45, 2.75) is 13.0 Å². The number of hydrogen-bond acceptors (Lipinski definition) is 5. The van der Waals surface area contributed by atoms with Gasteiger partial charge in [-0.05, 0) is 29.2 Å². The number of aromatic nitrogens is 2. The third-order valence-corrected chi connectivity index (χ3v) is 4.11. The van der Waals surface area contributed by atoms with Crippen molar-refractivity contribution in [3.05, 3.63) is 42.1 Å². The van der Waals surface area contributed by atoms with Crippen LogP contribution in [-0.4, -0.2) is 29.2 Å². The van der Waals surface area contributed by atoms with E-state index in [1.807, 2.05) is 0 Å². The molecular weight excluding hydrogens is 346 g/mol. The molecule has 9 heteroatoms. The summed E-state index contributed by atoms with van der Waals surface area (Å²) in [6.45, 7) is -0.0138. The van der Waals surface area contributed by atoms with E-state index in [0.29, 0.717) is 27.7 Å². The summed E-state index contributed by atoms with van der Waals surface area (Å²) in [6, 6.07) is 7.26. The van der Waals surface area contributed by atoms with Gasteiger partial charge in [0.1, 0.15) is 5.75 Å². The molecule has 1 heterocycles. The van der Waals surface area contributed by atoms with E-state index < -0.39 is 18.7 Å².